The van der Waals surface area contributed by atoms with Crippen molar-refractivity contribution in [2.24, 2.45) is 5.18 Å². The number of carbonyl (C=O) groups is 2. The van der Waals surface area contributed by atoms with E-state index in [1.165, 1.54) is 0 Å². The second-order valence-corrected chi connectivity index (χ2v) is 1.81. The van der Waals surface area contributed by atoms with Crippen LogP contribution in [0.5, 0.6) is 0 Å². The SMILES string of the molecule is CCOC(=O)CC(=O)CN=O. The van der Waals surface area contributed by atoms with E-state index in [0.29, 0.717) is 0 Å². The first-order valence-electron chi connectivity index (χ1n) is 3.17. The van der Waals surface area contributed by atoms with Gasteiger partial charge >= 0.3 is 5.97 Å². The van der Waals surface area contributed by atoms with Crippen LogP contribution in [0.1, 0.15) is 13.3 Å². The summed E-state index contributed by atoms with van der Waals surface area (Å²) in [5.41, 5.74) is 0. The zero-order valence-electron chi connectivity index (χ0n) is 6.20. The highest BCUT2D eigenvalue weighted by atomic mass is 16.5. The summed E-state index contributed by atoms with van der Waals surface area (Å²) in [5.74, 6) is -1.13. The van der Waals surface area contributed by atoms with E-state index < -0.39 is 18.3 Å². The van der Waals surface area contributed by atoms with Gasteiger partial charge in [-0.25, -0.2) is 0 Å². The van der Waals surface area contributed by atoms with Gasteiger partial charge in [-0.3, -0.25) is 9.59 Å². The van der Waals surface area contributed by atoms with Crippen LogP contribution >= 0.6 is 0 Å². The van der Waals surface area contributed by atoms with Crippen molar-refractivity contribution < 1.29 is 14.3 Å². The van der Waals surface area contributed by atoms with Crippen LogP contribution in [0, 0.1) is 4.91 Å². The number of ether oxygens (including phenoxy) is 1. The molecule has 0 aliphatic heterocycles. The molecule has 0 radical (unpaired) electrons. The molecule has 0 N–H and O–H groups in total. The van der Waals surface area contributed by atoms with Gasteiger partial charge in [-0.05, 0) is 6.92 Å². The Morgan fingerprint density at radius 2 is 2.09 bits per heavy atom. The minimum absolute atomic E-state index is 0.237. The summed E-state index contributed by atoms with van der Waals surface area (Å²) in [6.45, 7) is 1.42. The zero-order valence-corrected chi connectivity index (χ0v) is 6.20. The highest BCUT2D eigenvalue weighted by Crippen LogP contribution is 1.88. The van der Waals surface area contributed by atoms with Gasteiger partial charge < -0.3 is 4.74 Å². The molecular weight excluding hydrogens is 150 g/mol. The molecule has 0 atom stereocenters. The molecule has 0 aromatic rings. The topological polar surface area (TPSA) is 72.8 Å². The number of hydrogen-bond donors (Lipinski definition) is 0. The molecular formula is C6H9NO4. The van der Waals surface area contributed by atoms with Crippen LogP contribution in [0.2, 0.25) is 0 Å². The summed E-state index contributed by atoms with van der Waals surface area (Å²) in [7, 11) is 0. The summed E-state index contributed by atoms with van der Waals surface area (Å²) in [6.07, 6.45) is -0.362. The molecule has 0 aromatic heterocycles. The molecule has 62 valence electrons. The number of nitrogens with zero attached hydrogens (tertiary/aromatic N) is 1. The molecule has 0 fully saturated rings. The Kier molecular flexibility index (Phi) is 4.89. The second kappa shape index (κ2) is 5.52. The molecule has 0 aromatic carbocycles. The third-order valence-corrected chi connectivity index (χ3v) is 0.888. The Hall–Kier alpha value is -1.26. The molecule has 0 spiro atoms. The standard InChI is InChI=1S/C6H9NO4/c1-2-11-6(9)3-5(8)4-7-10/h2-4H2,1H3. The van der Waals surface area contributed by atoms with Crippen LogP contribution in [-0.2, 0) is 14.3 Å². The van der Waals surface area contributed by atoms with Crippen LogP contribution < -0.4 is 0 Å². The van der Waals surface area contributed by atoms with E-state index in [1.807, 2.05) is 0 Å². The second-order valence-electron chi connectivity index (χ2n) is 1.81. The quantitative estimate of drug-likeness (QED) is 0.328. The lowest BCUT2D eigenvalue weighted by molar-refractivity contribution is -0.145. The van der Waals surface area contributed by atoms with Crippen molar-refractivity contribution in [1.29, 1.82) is 0 Å². The summed E-state index contributed by atoms with van der Waals surface area (Å²) < 4.78 is 4.46. The molecule has 0 saturated carbocycles. The molecule has 0 rings (SSSR count). The van der Waals surface area contributed by atoms with Crippen molar-refractivity contribution in [2.45, 2.75) is 13.3 Å². The normalized spacial score (nSPS) is 8.82. The molecule has 0 unspecified atom stereocenters. The first kappa shape index (κ1) is 9.74. The first-order valence-corrected chi connectivity index (χ1v) is 3.17. The number of nitroso groups, excluding NO2 is 1. The highest BCUT2D eigenvalue weighted by Gasteiger charge is 2.09. The molecule has 0 saturated heterocycles. The predicted octanol–water partition coefficient (Wildman–Crippen LogP) is 0.275. The maximum absolute atomic E-state index is 10.5. The lowest BCUT2D eigenvalue weighted by atomic mass is 10.3. The number of rotatable bonds is 5. The van der Waals surface area contributed by atoms with Crippen molar-refractivity contribution in [3.63, 3.8) is 0 Å². The molecule has 0 heterocycles. The first-order chi connectivity index (χ1) is 5.20. The average Bonchev–Trinajstić information content (AvgIpc) is 1.87. The number of ketones is 1. The van der Waals surface area contributed by atoms with Crippen LogP contribution in [0.3, 0.4) is 0 Å². The van der Waals surface area contributed by atoms with Gasteiger partial charge in [0.15, 0.2) is 5.78 Å². The van der Waals surface area contributed by atoms with Crippen LogP contribution in [0.25, 0.3) is 0 Å². The van der Waals surface area contributed by atoms with E-state index in [0.717, 1.165) is 0 Å². The van der Waals surface area contributed by atoms with Crippen molar-refractivity contribution in [2.75, 3.05) is 13.2 Å². The highest BCUT2D eigenvalue weighted by molar-refractivity contribution is 5.96. The minimum Gasteiger partial charge on any atom is -0.466 e. The third-order valence-electron chi connectivity index (χ3n) is 0.888. The van der Waals surface area contributed by atoms with Gasteiger partial charge in [-0.2, -0.15) is 4.91 Å². The number of Topliss-reactive ketones (excluding diaryl/α,β-unsaturated/α-hetero) is 1. The summed E-state index contributed by atoms with van der Waals surface area (Å²) in [5, 5.41) is 2.34. The maximum atomic E-state index is 10.5. The number of carbonyl (C=O) groups excluding carboxylic acids is 2. The molecule has 11 heavy (non-hydrogen) atoms. The molecule has 0 bridgehead atoms. The Labute approximate surface area is 63.7 Å². The van der Waals surface area contributed by atoms with Gasteiger partial charge in [0, 0.05) is 0 Å². The predicted molar refractivity (Wildman–Crippen MR) is 36.9 cm³/mol. The lowest BCUT2D eigenvalue weighted by Crippen LogP contribution is -2.12. The van der Waals surface area contributed by atoms with Gasteiger partial charge in [0.2, 0.25) is 0 Å². The van der Waals surface area contributed by atoms with Crippen molar-refractivity contribution in [1.82, 2.24) is 0 Å². The molecule has 5 nitrogen and oxygen atoms in total. The van der Waals surface area contributed by atoms with E-state index in [-0.39, 0.29) is 13.0 Å². The van der Waals surface area contributed by atoms with Gasteiger partial charge in [0.25, 0.3) is 0 Å². The lowest BCUT2D eigenvalue weighted by Gasteiger charge is -1.97. The largest absolute Gasteiger partial charge is 0.466 e. The maximum Gasteiger partial charge on any atom is 0.313 e. The molecule has 0 amide bonds. The van der Waals surface area contributed by atoms with Gasteiger partial charge in [0.1, 0.15) is 13.0 Å². The third kappa shape index (κ3) is 5.20. The molecule has 0 aliphatic rings. The van der Waals surface area contributed by atoms with Crippen molar-refractivity contribution in [3.8, 4) is 0 Å². The molecule has 5 heteroatoms. The summed E-state index contributed by atoms with van der Waals surface area (Å²) >= 11 is 0. The molecule has 0 aliphatic carbocycles. The van der Waals surface area contributed by atoms with Crippen molar-refractivity contribution >= 4 is 11.8 Å². The average molecular weight is 159 g/mol. The number of hydrogen-bond acceptors (Lipinski definition) is 5. The van der Waals surface area contributed by atoms with Gasteiger partial charge in [0.05, 0.1) is 6.61 Å². The smallest absolute Gasteiger partial charge is 0.313 e. The van der Waals surface area contributed by atoms with E-state index in [2.05, 4.69) is 9.91 Å². The van der Waals surface area contributed by atoms with E-state index >= 15 is 0 Å². The van der Waals surface area contributed by atoms with E-state index in [4.69, 9.17) is 0 Å². The zero-order chi connectivity index (χ0) is 8.69. The number of esters is 1. The van der Waals surface area contributed by atoms with E-state index in [1.54, 1.807) is 6.92 Å². The Bertz CT molecular complexity index is 166. The van der Waals surface area contributed by atoms with Crippen molar-refractivity contribution in [3.05, 3.63) is 4.91 Å². The fourth-order valence-corrected chi connectivity index (χ4v) is 0.501. The summed E-state index contributed by atoms with van der Waals surface area (Å²) in [4.78, 5) is 30.6. The fraction of sp³-hybridized carbons (Fsp3) is 0.667. The van der Waals surface area contributed by atoms with Gasteiger partial charge in [-0.1, -0.05) is 5.18 Å². The van der Waals surface area contributed by atoms with Crippen LogP contribution in [0.15, 0.2) is 5.18 Å². The van der Waals surface area contributed by atoms with Crippen LogP contribution in [0.4, 0.5) is 0 Å². The van der Waals surface area contributed by atoms with Gasteiger partial charge in [-0.15, -0.1) is 0 Å². The summed E-state index contributed by atoms with van der Waals surface area (Å²) in [6, 6.07) is 0. The Balaban J connectivity index is 3.57. The minimum atomic E-state index is -0.610. The fourth-order valence-electron chi connectivity index (χ4n) is 0.501. The monoisotopic (exact) mass is 159 g/mol. The van der Waals surface area contributed by atoms with Crippen LogP contribution in [-0.4, -0.2) is 24.9 Å². The Morgan fingerprint density at radius 1 is 1.45 bits per heavy atom. The van der Waals surface area contributed by atoms with E-state index in [9.17, 15) is 14.5 Å². The Morgan fingerprint density at radius 3 is 2.55 bits per heavy atom.